The molecule has 12 heteroatoms. The summed E-state index contributed by atoms with van der Waals surface area (Å²) in [6, 6.07) is 0. The van der Waals surface area contributed by atoms with Gasteiger partial charge in [-0.1, -0.05) is 214 Å². The van der Waals surface area contributed by atoms with E-state index in [4.69, 9.17) is 23.7 Å². The van der Waals surface area contributed by atoms with Gasteiger partial charge in [-0.15, -0.1) is 0 Å². The van der Waals surface area contributed by atoms with Crippen molar-refractivity contribution in [3.63, 3.8) is 0 Å². The second-order valence-electron chi connectivity index (χ2n) is 19.9. The average molecular weight is 1080 g/mol. The van der Waals surface area contributed by atoms with E-state index in [2.05, 4.69) is 130 Å². The van der Waals surface area contributed by atoms with Gasteiger partial charge in [-0.3, -0.25) is 14.4 Å². The number of carboxylic acids is 1. The van der Waals surface area contributed by atoms with Crippen molar-refractivity contribution < 1.29 is 58.2 Å². The number of carbonyl (C=O) groups is 4. The van der Waals surface area contributed by atoms with Crippen molar-refractivity contribution in [2.24, 2.45) is 0 Å². The number of aliphatic hydroxyl groups excluding tert-OH is 2. The van der Waals surface area contributed by atoms with Gasteiger partial charge in [-0.05, 0) is 103 Å². The van der Waals surface area contributed by atoms with Gasteiger partial charge in [-0.2, -0.15) is 0 Å². The number of aliphatic hydroxyl groups is 2. The zero-order valence-electron chi connectivity index (χ0n) is 47.9. The van der Waals surface area contributed by atoms with Crippen LogP contribution in [0.4, 0.5) is 0 Å². The van der Waals surface area contributed by atoms with Crippen molar-refractivity contribution in [1.29, 1.82) is 0 Å². The number of hydrogen-bond acceptors (Lipinski definition) is 11. The van der Waals surface area contributed by atoms with E-state index in [9.17, 15) is 34.5 Å². The summed E-state index contributed by atoms with van der Waals surface area (Å²) in [6.45, 7) is 5.71. The molecule has 0 amide bonds. The fourth-order valence-electron chi connectivity index (χ4n) is 8.33. The number of rotatable bonds is 49. The molecule has 0 aliphatic carbocycles. The molecular weight excluding hydrogens is 973 g/mol. The molecule has 0 spiro atoms. The molecule has 0 aromatic rings. The molecule has 6 atom stereocenters. The number of carbonyl (C=O) groups excluding carboxylic acids is 3. The summed E-state index contributed by atoms with van der Waals surface area (Å²) < 4.78 is 28.4. The molecule has 12 nitrogen and oxygen atoms in total. The average Bonchev–Trinajstić information content (AvgIpc) is 3.42. The molecule has 3 N–H and O–H groups in total. The molecule has 1 aliphatic heterocycles. The van der Waals surface area contributed by atoms with E-state index >= 15 is 0 Å². The van der Waals surface area contributed by atoms with E-state index in [1.165, 1.54) is 57.8 Å². The van der Waals surface area contributed by atoms with Crippen LogP contribution in [-0.4, -0.2) is 89.2 Å². The highest BCUT2D eigenvalue weighted by atomic mass is 16.7. The Balaban J connectivity index is 2.73. The smallest absolute Gasteiger partial charge is 0.335 e. The predicted octanol–water partition coefficient (Wildman–Crippen LogP) is 15.4. The van der Waals surface area contributed by atoms with Crippen molar-refractivity contribution in [3.05, 3.63) is 109 Å². The molecule has 1 fully saturated rings. The minimum Gasteiger partial charge on any atom is -0.479 e. The maximum atomic E-state index is 13.1. The number of esters is 3. The van der Waals surface area contributed by atoms with Crippen LogP contribution in [0.25, 0.3) is 0 Å². The van der Waals surface area contributed by atoms with Crippen molar-refractivity contribution >= 4 is 23.9 Å². The quantitative estimate of drug-likeness (QED) is 0.0228. The summed E-state index contributed by atoms with van der Waals surface area (Å²) in [5.74, 6) is -3.22. The lowest BCUT2D eigenvalue weighted by Crippen LogP contribution is -2.61. The van der Waals surface area contributed by atoms with Crippen molar-refractivity contribution in [2.45, 2.75) is 263 Å². The molecule has 436 valence electrons. The number of aliphatic carboxylic acids is 1. The van der Waals surface area contributed by atoms with Gasteiger partial charge in [0.2, 0.25) is 0 Å². The third-order valence-electron chi connectivity index (χ3n) is 12.8. The summed E-state index contributed by atoms with van der Waals surface area (Å²) in [4.78, 5) is 51.1. The van der Waals surface area contributed by atoms with Crippen molar-refractivity contribution in [1.82, 2.24) is 0 Å². The Morgan fingerprint density at radius 1 is 0.442 bits per heavy atom. The third-order valence-corrected chi connectivity index (χ3v) is 12.8. The fourth-order valence-corrected chi connectivity index (χ4v) is 8.33. The Bertz CT molecular complexity index is 1750. The summed E-state index contributed by atoms with van der Waals surface area (Å²) in [7, 11) is 0. The maximum Gasteiger partial charge on any atom is 0.335 e. The largest absolute Gasteiger partial charge is 0.479 e. The van der Waals surface area contributed by atoms with Gasteiger partial charge >= 0.3 is 23.9 Å². The van der Waals surface area contributed by atoms with Crippen LogP contribution in [0.2, 0.25) is 0 Å². The molecule has 1 heterocycles. The second-order valence-corrected chi connectivity index (χ2v) is 19.9. The standard InChI is InChI=1S/C65H104O12/c1-4-7-10-13-16-19-22-25-27-28-29-30-32-35-38-41-44-47-50-53-59(68)76-63-61(70)60(69)62(64(71)72)77-65(63)74-55-56(75-58(67)52-49-46-43-40-37-33-24-21-18-15-12-9-6-3)54-73-57(66)51-48-45-42-39-36-34-31-26-23-20-17-14-11-8-5-2/h7-8,10-11,16-17,19-20,25-27,29-31,35-36,38-39,56,60-63,65,69-70H,4-6,9,12-15,18,21-24,28,32-34,37,40-55H2,1-3H3,(H,71,72)/b10-7-,11-8-,19-16-,20-17-,27-25-,30-29-,31-26-,38-35-,39-36-. The highest BCUT2D eigenvalue weighted by Crippen LogP contribution is 2.26. The highest BCUT2D eigenvalue weighted by molar-refractivity contribution is 5.74. The zero-order chi connectivity index (χ0) is 56.1. The van der Waals surface area contributed by atoms with Gasteiger partial charge in [0.05, 0.1) is 6.61 Å². The zero-order valence-corrected chi connectivity index (χ0v) is 47.9. The van der Waals surface area contributed by atoms with E-state index in [1.54, 1.807) is 0 Å². The first-order valence-corrected chi connectivity index (χ1v) is 29.9. The van der Waals surface area contributed by atoms with E-state index in [-0.39, 0.29) is 25.9 Å². The number of ether oxygens (including phenoxy) is 5. The second kappa shape index (κ2) is 52.1. The Morgan fingerprint density at radius 2 is 0.818 bits per heavy atom. The Morgan fingerprint density at radius 3 is 1.27 bits per heavy atom. The minimum absolute atomic E-state index is 0.0128. The molecule has 0 aromatic heterocycles. The lowest BCUT2D eigenvalue weighted by Gasteiger charge is -2.40. The van der Waals surface area contributed by atoms with E-state index in [1.807, 2.05) is 0 Å². The molecule has 0 aromatic carbocycles. The lowest BCUT2D eigenvalue weighted by molar-refractivity contribution is -0.301. The Hall–Kier alpha value is -4.62. The number of carboxylic acid groups (broad SMARTS) is 1. The first-order valence-electron chi connectivity index (χ1n) is 29.9. The monoisotopic (exact) mass is 1080 g/mol. The van der Waals surface area contributed by atoms with Crippen LogP contribution < -0.4 is 0 Å². The molecular formula is C65H104O12. The van der Waals surface area contributed by atoms with Crippen LogP contribution in [-0.2, 0) is 42.9 Å². The number of allylic oxidation sites excluding steroid dienone is 18. The highest BCUT2D eigenvalue weighted by Gasteiger charge is 2.50. The first-order chi connectivity index (χ1) is 37.6. The third kappa shape index (κ3) is 42.1. The van der Waals surface area contributed by atoms with Gasteiger partial charge in [0.1, 0.15) is 18.8 Å². The van der Waals surface area contributed by atoms with E-state index in [0.29, 0.717) is 19.3 Å². The van der Waals surface area contributed by atoms with Crippen molar-refractivity contribution in [2.75, 3.05) is 13.2 Å². The molecule has 1 aliphatic rings. The number of hydrogen-bond donors (Lipinski definition) is 3. The van der Waals surface area contributed by atoms with Crippen LogP contribution in [0, 0.1) is 0 Å². The van der Waals surface area contributed by atoms with Crippen LogP contribution in [0.3, 0.4) is 0 Å². The first kappa shape index (κ1) is 70.4. The summed E-state index contributed by atoms with van der Waals surface area (Å²) >= 11 is 0. The molecule has 1 saturated heterocycles. The predicted molar refractivity (Wildman–Crippen MR) is 312 cm³/mol. The molecule has 0 saturated carbocycles. The van der Waals surface area contributed by atoms with Gasteiger partial charge in [0, 0.05) is 19.3 Å². The van der Waals surface area contributed by atoms with Gasteiger partial charge in [-0.25, -0.2) is 4.79 Å². The molecule has 77 heavy (non-hydrogen) atoms. The minimum atomic E-state index is -1.92. The number of unbranched alkanes of at least 4 members (excludes halogenated alkanes) is 17. The van der Waals surface area contributed by atoms with E-state index in [0.717, 1.165) is 109 Å². The van der Waals surface area contributed by atoms with Crippen LogP contribution >= 0.6 is 0 Å². The van der Waals surface area contributed by atoms with Crippen LogP contribution in [0.1, 0.15) is 226 Å². The van der Waals surface area contributed by atoms with E-state index < -0.39 is 67.3 Å². The van der Waals surface area contributed by atoms with Gasteiger partial charge < -0.3 is 39.0 Å². The maximum absolute atomic E-state index is 13.1. The normalized spacial score (nSPS) is 18.8. The Kier molecular flexibility index (Phi) is 47.6. The molecule has 0 radical (unpaired) electrons. The topological polar surface area (TPSA) is 175 Å². The van der Waals surface area contributed by atoms with Crippen molar-refractivity contribution in [3.8, 4) is 0 Å². The van der Waals surface area contributed by atoms with Crippen LogP contribution in [0.5, 0.6) is 0 Å². The molecule has 1 rings (SSSR count). The summed E-state index contributed by atoms with van der Waals surface area (Å²) in [6.07, 6.45) is 57.7. The summed E-state index contributed by atoms with van der Waals surface area (Å²) in [5.41, 5.74) is 0. The van der Waals surface area contributed by atoms with Crippen LogP contribution in [0.15, 0.2) is 109 Å². The molecule has 0 bridgehead atoms. The lowest BCUT2D eigenvalue weighted by atomic mass is 9.98. The molecule has 6 unspecified atom stereocenters. The fraction of sp³-hybridized carbons (Fsp3) is 0.662. The SMILES string of the molecule is CC/C=C\C/C=C\C/C=C\C/C=C\C/C=C\CCCCCC(=O)OC1C(OCC(COC(=O)CCCC/C=C\C/C=C\C/C=C\C/C=C\CC)OC(=O)CCCCCCCCCCCCCCC)OC(C(=O)O)C(O)C1O. The van der Waals surface area contributed by atoms with Gasteiger partial charge in [0.15, 0.2) is 24.6 Å². The summed E-state index contributed by atoms with van der Waals surface area (Å²) in [5, 5.41) is 31.5. The van der Waals surface area contributed by atoms with Gasteiger partial charge in [0.25, 0.3) is 0 Å². The Labute approximate surface area is 465 Å².